The Kier molecular flexibility index (Phi) is 6.80. The Labute approximate surface area is 139 Å². The van der Waals surface area contributed by atoms with Crippen molar-refractivity contribution >= 4 is 28.5 Å². The van der Waals surface area contributed by atoms with E-state index in [2.05, 4.69) is 22.4 Å². The van der Waals surface area contributed by atoms with E-state index in [4.69, 9.17) is 10.5 Å². The number of nitrogens with one attached hydrogen (secondary N) is 1. The summed E-state index contributed by atoms with van der Waals surface area (Å²) in [7, 11) is 0. The van der Waals surface area contributed by atoms with Crippen molar-refractivity contribution in [2.24, 2.45) is 5.10 Å². The monoisotopic (exact) mass is 336 g/mol. The van der Waals surface area contributed by atoms with Gasteiger partial charge in [0.2, 0.25) is 5.13 Å². The fourth-order valence-corrected chi connectivity index (χ4v) is 2.51. The van der Waals surface area contributed by atoms with Crippen molar-refractivity contribution in [1.82, 2.24) is 4.98 Å². The molecule has 23 heavy (non-hydrogen) atoms. The Morgan fingerprint density at radius 1 is 1.35 bits per heavy atom. The fraction of sp³-hybridized carbons (Fsp3) is 0.375. The smallest absolute Gasteiger partial charge is 0.205 e. The second-order valence-corrected chi connectivity index (χ2v) is 5.94. The van der Waals surface area contributed by atoms with Crippen LogP contribution >= 0.6 is 11.3 Å². The van der Waals surface area contributed by atoms with Gasteiger partial charge in [-0.15, -0.1) is 11.3 Å². The number of unbranched alkanes of at least 4 members (excludes halogenated alkanes) is 3. The fourth-order valence-electron chi connectivity index (χ4n) is 1.96. The van der Waals surface area contributed by atoms with Crippen LogP contribution in [-0.4, -0.2) is 17.8 Å². The third-order valence-corrected chi connectivity index (χ3v) is 3.82. The van der Waals surface area contributed by atoms with Gasteiger partial charge in [-0.25, -0.2) is 9.37 Å². The summed E-state index contributed by atoms with van der Waals surface area (Å²) in [6, 6.07) is 4.53. The summed E-state index contributed by atoms with van der Waals surface area (Å²) in [4.78, 5) is 4.01. The van der Waals surface area contributed by atoms with E-state index in [1.165, 1.54) is 42.5 Å². The van der Waals surface area contributed by atoms with Gasteiger partial charge in [0.25, 0.3) is 0 Å². The van der Waals surface area contributed by atoms with Gasteiger partial charge in [-0.05, 0) is 18.6 Å². The molecule has 124 valence electrons. The number of ether oxygens (including phenoxy) is 1. The Balaban J connectivity index is 1.88. The minimum absolute atomic E-state index is 0.351. The molecule has 1 aromatic carbocycles. The van der Waals surface area contributed by atoms with Gasteiger partial charge < -0.3 is 10.5 Å². The van der Waals surface area contributed by atoms with Crippen molar-refractivity contribution in [1.29, 1.82) is 0 Å². The zero-order valence-electron chi connectivity index (χ0n) is 13.1. The first-order chi connectivity index (χ1) is 11.2. The highest BCUT2D eigenvalue weighted by molar-refractivity contribution is 7.14. The lowest BCUT2D eigenvalue weighted by Gasteiger charge is -2.07. The summed E-state index contributed by atoms with van der Waals surface area (Å²) in [5.41, 5.74) is 8.89. The average Bonchev–Trinajstić information content (AvgIpc) is 2.92. The molecule has 0 atom stereocenters. The molecule has 0 unspecified atom stereocenters. The van der Waals surface area contributed by atoms with Crippen LogP contribution in [0.1, 0.15) is 38.2 Å². The van der Waals surface area contributed by atoms with E-state index in [0.717, 1.165) is 12.8 Å². The lowest BCUT2D eigenvalue weighted by molar-refractivity contribution is 0.303. The topological polar surface area (TPSA) is 72.5 Å². The molecule has 1 heterocycles. The standard InChI is InChI=1S/C16H21FN4OS/c1-2-3-4-5-6-22-14-8-12(7-13(17)9-14)10-19-21-16-20-15(18)11-23-16/h7-11H,2-6,18H2,1H3,(H,20,21). The molecule has 0 fully saturated rings. The molecule has 0 aliphatic carbocycles. The van der Waals surface area contributed by atoms with Crippen molar-refractivity contribution in [3.05, 3.63) is 35.0 Å². The summed E-state index contributed by atoms with van der Waals surface area (Å²) in [5.74, 6) is 0.606. The largest absolute Gasteiger partial charge is 0.493 e. The zero-order chi connectivity index (χ0) is 16.5. The SMILES string of the molecule is CCCCCCOc1cc(F)cc(C=NNc2nc(N)cs2)c1. The predicted octanol–water partition coefficient (Wildman–Crippen LogP) is 4.27. The summed E-state index contributed by atoms with van der Waals surface area (Å²) in [6.07, 6.45) is 5.99. The number of halogens is 1. The van der Waals surface area contributed by atoms with E-state index in [-0.39, 0.29) is 5.82 Å². The molecule has 0 bridgehead atoms. The number of aromatic nitrogens is 1. The number of nitrogens with zero attached hydrogens (tertiary/aromatic N) is 2. The van der Waals surface area contributed by atoms with Gasteiger partial charge in [-0.2, -0.15) is 5.10 Å². The van der Waals surface area contributed by atoms with E-state index in [1.54, 1.807) is 11.4 Å². The Morgan fingerprint density at radius 3 is 2.96 bits per heavy atom. The van der Waals surface area contributed by atoms with Crippen LogP contribution in [0.5, 0.6) is 5.75 Å². The van der Waals surface area contributed by atoms with Gasteiger partial charge in [0.05, 0.1) is 12.8 Å². The molecular weight excluding hydrogens is 315 g/mol. The second kappa shape index (κ2) is 9.09. The van der Waals surface area contributed by atoms with Gasteiger partial charge in [-0.3, -0.25) is 5.43 Å². The van der Waals surface area contributed by atoms with Gasteiger partial charge in [0, 0.05) is 17.0 Å². The molecule has 0 amide bonds. The molecular formula is C16H21FN4OS. The van der Waals surface area contributed by atoms with E-state index in [0.29, 0.717) is 28.9 Å². The highest BCUT2D eigenvalue weighted by atomic mass is 32.1. The van der Waals surface area contributed by atoms with E-state index in [1.807, 2.05) is 0 Å². The minimum atomic E-state index is -0.351. The van der Waals surface area contributed by atoms with Crippen molar-refractivity contribution in [2.45, 2.75) is 32.6 Å². The van der Waals surface area contributed by atoms with Crippen LogP contribution in [0.2, 0.25) is 0 Å². The number of hydrogen-bond donors (Lipinski definition) is 2. The van der Waals surface area contributed by atoms with E-state index < -0.39 is 0 Å². The third-order valence-electron chi connectivity index (χ3n) is 3.06. The first-order valence-corrected chi connectivity index (χ1v) is 8.49. The number of nitrogens with two attached hydrogens (primary N) is 1. The first kappa shape index (κ1) is 17.2. The van der Waals surface area contributed by atoms with E-state index >= 15 is 0 Å². The number of hydrazone groups is 1. The molecule has 3 N–H and O–H groups in total. The number of anilines is 2. The molecule has 1 aromatic heterocycles. The molecule has 0 aliphatic heterocycles. The summed E-state index contributed by atoms with van der Waals surface area (Å²) < 4.78 is 19.2. The van der Waals surface area contributed by atoms with Crippen molar-refractivity contribution in [2.75, 3.05) is 17.8 Å². The van der Waals surface area contributed by atoms with Crippen LogP contribution < -0.4 is 15.9 Å². The van der Waals surface area contributed by atoms with Crippen LogP contribution in [0.15, 0.2) is 28.7 Å². The van der Waals surface area contributed by atoms with Crippen LogP contribution in [0, 0.1) is 5.82 Å². The lowest BCUT2D eigenvalue weighted by Crippen LogP contribution is -1.99. The average molecular weight is 336 g/mol. The van der Waals surface area contributed by atoms with Gasteiger partial charge in [0.1, 0.15) is 17.4 Å². The lowest BCUT2D eigenvalue weighted by atomic mass is 10.2. The van der Waals surface area contributed by atoms with Crippen LogP contribution in [0.4, 0.5) is 15.3 Å². The molecule has 2 aromatic rings. The summed E-state index contributed by atoms with van der Waals surface area (Å²) in [6.45, 7) is 2.75. The first-order valence-electron chi connectivity index (χ1n) is 7.61. The quantitative estimate of drug-likeness (QED) is 0.407. The maximum Gasteiger partial charge on any atom is 0.205 e. The number of rotatable bonds is 9. The predicted molar refractivity (Wildman–Crippen MR) is 93.8 cm³/mol. The molecule has 0 spiro atoms. The van der Waals surface area contributed by atoms with Crippen molar-refractivity contribution in [3.8, 4) is 5.75 Å². The Bertz CT molecular complexity index is 645. The third kappa shape index (κ3) is 6.23. The summed E-state index contributed by atoms with van der Waals surface area (Å²) in [5, 5.41) is 6.32. The molecule has 7 heteroatoms. The van der Waals surface area contributed by atoms with Crippen LogP contribution in [-0.2, 0) is 0 Å². The Hall–Kier alpha value is -2.15. The normalized spacial score (nSPS) is 11.0. The number of benzene rings is 1. The number of hydrogen-bond acceptors (Lipinski definition) is 6. The molecule has 5 nitrogen and oxygen atoms in total. The van der Waals surface area contributed by atoms with Crippen LogP contribution in [0.25, 0.3) is 0 Å². The van der Waals surface area contributed by atoms with Crippen LogP contribution in [0.3, 0.4) is 0 Å². The number of thiazole rings is 1. The maximum absolute atomic E-state index is 13.6. The van der Waals surface area contributed by atoms with Gasteiger partial charge in [-0.1, -0.05) is 26.2 Å². The maximum atomic E-state index is 13.6. The molecule has 0 saturated heterocycles. The van der Waals surface area contributed by atoms with Crippen molar-refractivity contribution in [3.63, 3.8) is 0 Å². The highest BCUT2D eigenvalue weighted by Gasteiger charge is 2.01. The molecule has 0 saturated carbocycles. The molecule has 0 aliphatic rings. The summed E-state index contributed by atoms with van der Waals surface area (Å²) >= 11 is 1.35. The van der Waals surface area contributed by atoms with Gasteiger partial charge >= 0.3 is 0 Å². The second-order valence-electron chi connectivity index (χ2n) is 5.08. The Morgan fingerprint density at radius 2 is 2.22 bits per heavy atom. The molecule has 0 radical (unpaired) electrons. The minimum Gasteiger partial charge on any atom is -0.493 e. The highest BCUT2D eigenvalue weighted by Crippen LogP contribution is 2.18. The van der Waals surface area contributed by atoms with E-state index in [9.17, 15) is 4.39 Å². The van der Waals surface area contributed by atoms with Crippen molar-refractivity contribution < 1.29 is 9.13 Å². The van der Waals surface area contributed by atoms with Gasteiger partial charge in [0.15, 0.2) is 0 Å². The number of nitrogen functional groups attached to an aromatic ring is 1. The molecule has 2 rings (SSSR count). The zero-order valence-corrected chi connectivity index (χ0v) is 13.9.